The third-order valence-corrected chi connectivity index (χ3v) is 3.10. The van der Waals surface area contributed by atoms with E-state index in [9.17, 15) is 4.79 Å². The van der Waals surface area contributed by atoms with Gasteiger partial charge in [-0.15, -0.1) is 0 Å². The summed E-state index contributed by atoms with van der Waals surface area (Å²) in [6.07, 6.45) is 5.32. The summed E-state index contributed by atoms with van der Waals surface area (Å²) in [6, 6.07) is 1.71. The largest absolute Gasteiger partial charge is 0.398 e. The van der Waals surface area contributed by atoms with Crippen LogP contribution in [0.2, 0.25) is 0 Å². The highest BCUT2D eigenvalue weighted by Crippen LogP contribution is 2.27. The van der Waals surface area contributed by atoms with Crippen LogP contribution < -0.4 is 5.73 Å². The van der Waals surface area contributed by atoms with Crippen LogP contribution in [0.1, 0.15) is 25.3 Å². The number of anilines is 1. The van der Waals surface area contributed by atoms with Gasteiger partial charge in [-0.25, -0.2) is 0 Å². The second kappa shape index (κ2) is 4.22. The van der Waals surface area contributed by atoms with Gasteiger partial charge in [0.2, 0.25) is 0 Å². The molecule has 2 rings (SSSR count). The van der Waals surface area contributed by atoms with Crippen LogP contribution in [0.15, 0.2) is 18.5 Å². The number of ether oxygens (including phenoxy) is 1. The number of ketones is 1. The summed E-state index contributed by atoms with van der Waals surface area (Å²) >= 11 is 0. The van der Waals surface area contributed by atoms with Crippen LogP contribution in [0.4, 0.5) is 5.69 Å². The average molecular weight is 220 g/mol. The van der Waals surface area contributed by atoms with Gasteiger partial charge < -0.3 is 10.5 Å². The van der Waals surface area contributed by atoms with Crippen molar-refractivity contribution in [2.75, 3.05) is 12.3 Å². The molecule has 2 N–H and O–H groups in total. The second-order valence-corrected chi connectivity index (χ2v) is 4.36. The summed E-state index contributed by atoms with van der Waals surface area (Å²) in [5.41, 5.74) is 6.55. The summed E-state index contributed by atoms with van der Waals surface area (Å²) in [5.74, 6) is 0.0877. The van der Waals surface area contributed by atoms with Gasteiger partial charge in [0.1, 0.15) is 5.60 Å². The Labute approximate surface area is 94.8 Å². The van der Waals surface area contributed by atoms with E-state index in [4.69, 9.17) is 10.5 Å². The highest BCUT2D eigenvalue weighted by molar-refractivity contribution is 5.89. The van der Waals surface area contributed by atoms with E-state index in [1.165, 1.54) is 0 Å². The molecule has 1 aliphatic rings. The van der Waals surface area contributed by atoms with Gasteiger partial charge in [0.15, 0.2) is 5.78 Å². The molecule has 2 heterocycles. The number of rotatable bonds is 3. The monoisotopic (exact) mass is 220 g/mol. The fraction of sp³-hybridized carbons (Fsp3) is 0.500. The Hall–Kier alpha value is -1.42. The molecule has 0 radical (unpaired) electrons. The number of pyridine rings is 1. The molecule has 16 heavy (non-hydrogen) atoms. The standard InChI is InChI=1S/C12H16N2O2/c1-12(4-2-6-16-12)11(15)7-9-8-14-5-3-10(9)13/h3,5,8H,2,4,6-7H2,1H3,(H2,13,14). The van der Waals surface area contributed by atoms with Crippen LogP contribution in [0.25, 0.3) is 0 Å². The molecule has 0 spiro atoms. The topological polar surface area (TPSA) is 65.2 Å². The first-order valence-corrected chi connectivity index (χ1v) is 5.47. The van der Waals surface area contributed by atoms with Crippen LogP contribution in [0.3, 0.4) is 0 Å². The Kier molecular flexibility index (Phi) is 2.92. The molecule has 86 valence electrons. The molecule has 1 aliphatic heterocycles. The van der Waals surface area contributed by atoms with Gasteiger partial charge in [0.05, 0.1) is 0 Å². The first-order valence-electron chi connectivity index (χ1n) is 5.47. The lowest BCUT2D eigenvalue weighted by Crippen LogP contribution is -2.35. The maximum Gasteiger partial charge on any atom is 0.168 e. The highest BCUT2D eigenvalue weighted by atomic mass is 16.5. The van der Waals surface area contributed by atoms with E-state index < -0.39 is 5.60 Å². The molecule has 1 fully saturated rings. The molecule has 1 saturated heterocycles. The molecule has 1 aromatic heterocycles. The number of carbonyl (C=O) groups excluding carboxylic acids is 1. The average Bonchev–Trinajstić information content (AvgIpc) is 2.70. The van der Waals surface area contributed by atoms with Gasteiger partial charge >= 0.3 is 0 Å². The van der Waals surface area contributed by atoms with Crippen LogP contribution in [-0.2, 0) is 16.0 Å². The number of nitrogens with two attached hydrogens (primary N) is 1. The van der Waals surface area contributed by atoms with Crippen molar-refractivity contribution in [3.8, 4) is 0 Å². The molecule has 0 amide bonds. The van der Waals surface area contributed by atoms with E-state index in [1.54, 1.807) is 18.5 Å². The van der Waals surface area contributed by atoms with E-state index >= 15 is 0 Å². The quantitative estimate of drug-likeness (QED) is 0.835. The van der Waals surface area contributed by atoms with Gasteiger partial charge in [-0.05, 0) is 25.8 Å². The predicted octanol–water partition coefficient (Wildman–Crippen LogP) is 1.34. The second-order valence-electron chi connectivity index (χ2n) is 4.36. The zero-order valence-corrected chi connectivity index (χ0v) is 9.40. The summed E-state index contributed by atoms with van der Waals surface area (Å²) in [4.78, 5) is 16.1. The molecule has 0 aliphatic carbocycles. The van der Waals surface area contributed by atoms with Crippen LogP contribution in [-0.4, -0.2) is 23.0 Å². The Morgan fingerprint density at radius 1 is 1.69 bits per heavy atom. The van der Waals surface area contributed by atoms with Crippen molar-refractivity contribution in [1.29, 1.82) is 0 Å². The van der Waals surface area contributed by atoms with Crippen LogP contribution in [0, 0.1) is 0 Å². The molecule has 1 unspecified atom stereocenters. The Balaban J connectivity index is 2.10. The van der Waals surface area contributed by atoms with E-state index in [2.05, 4.69) is 4.98 Å². The Bertz CT molecular complexity index is 398. The first-order chi connectivity index (χ1) is 7.62. The Morgan fingerprint density at radius 2 is 2.50 bits per heavy atom. The van der Waals surface area contributed by atoms with Crippen molar-refractivity contribution in [1.82, 2.24) is 4.98 Å². The number of hydrogen-bond acceptors (Lipinski definition) is 4. The molecule has 1 atom stereocenters. The number of Topliss-reactive ketones (excluding diaryl/α,β-unsaturated/α-hetero) is 1. The van der Waals surface area contributed by atoms with Gasteiger partial charge in [0, 0.05) is 36.7 Å². The Morgan fingerprint density at radius 3 is 3.12 bits per heavy atom. The minimum Gasteiger partial charge on any atom is -0.398 e. The predicted molar refractivity (Wildman–Crippen MR) is 61.0 cm³/mol. The molecule has 4 heteroatoms. The van der Waals surface area contributed by atoms with E-state index in [1.807, 2.05) is 6.92 Å². The fourth-order valence-corrected chi connectivity index (χ4v) is 1.94. The lowest BCUT2D eigenvalue weighted by atomic mass is 9.92. The molecule has 4 nitrogen and oxygen atoms in total. The first kappa shape index (κ1) is 11.1. The van der Waals surface area contributed by atoms with Crippen molar-refractivity contribution >= 4 is 11.5 Å². The molecular weight excluding hydrogens is 204 g/mol. The maximum absolute atomic E-state index is 12.1. The minimum absolute atomic E-state index is 0.0877. The molecular formula is C12H16N2O2. The molecule has 1 aromatic rings. The zero-order valence-electron chi connectivity index (χ0n) is 9.40. The molecule has 0 bridgehead atoms. The number of nitrogen functional groups attached to an aromatic ring is 1. The molecule has 0 aromatic carbocycles. The summed E-state index contributed by atoms with van der Waals surface area (Å²) in [5, 5.41) is 0. The third kappa shape index (κ3) is 2.07. The van der Waals surface area contributed by atoms with Gasteiger partial charge in [-0.1, -0.05) is 0 Å². The lowest BCUT2D eigenvalue weighted by Gasteiger charge is -2.21. The number of carbonyl (C=O) groups is 1. The minimum atomic E-state index is -0.623. The van der Waals surface area contributed by atoms with Crippen LogP contribution >= 0.6 is 0 Å². The van der Waals surface area contributed by atoms with Crippen molar-refractivity contribution in [3.63, 3.8) is 0 Å². The fourth-order valence-electron chi connectivity index (χ4n) is 1.94. The van der Waals surface area contributed by atoms with Crippen molar-refractivity contribution in [2.24, 2.45) is 0 Å². The van der Waals surface area contributed by atoms with E-state index in [-0.39, 0.29) is 5.78 Å². The lowest BCUT2D eigenvalue weighted by molar-refractivity contribution is -0.136. The summed E-state index contributed by atoms with van der Waals surface area (Å²) in [7, 11) is 0. The summed E-state index contributed by atoms with van der Waals surface area (Å²) in [6.45, 7) is 2.53. The van der Waals surface area contributed by atoms with E-state index in [0.717, 1.165) is 18.4 Å². The smallest absolute Gasteiger partial charge is 0.168 e. The van der Waals surface area contributed by atoms with Gasteiger partial charge in [-0.3, -0.25) is 9.78 Å². The highest BCUT2D eigenvalue weighted by Gasteiger charge is 2.37. The molecule has 0 saturated carbocycles. The van der Waals surface area contributed by atoms with Gasteiger partial charge in [0.25, 0.3) is 0 Å². The van der Waals surface area contributed by atoms with Crippen LogP contribution in [0.5, 0.6) is 0 Å². The normalized spacial score (nSPS) is 24.6. The SMILES string of the molecule is CC1(C(=O)Cc2cnccc2N)CCCO1. The zero-order chi connectivity index (χ0) is 11.6. The summed E-state index contributed by atoms with van der Waals surface area (Å²) < 4.78 is 5.50. The van der Waals surface area contributed by atoms with Crippen molar-refractivity contribution in [3.05, 3.63) is 24.0 Å². The van der Waals surface area contributed by atoms with E-state index in [0.29, 0.717) is 18.7 Å². The van der Waals surface area contributed by atoms with Crippen molar-refractivity contribution in [2.45, 2.75) is 31.8 Å². The number of hydrogen-bond donors (Lipinski definition) is 1. The third-order valence-electron chi connectivity index (χ3n) is 3.10. The maximum atomic E-state index is 12.1. The van der Waals surface area contributed by atoms with Crippen molar-refractivity contribution < 1.29 is 9.53 Å². The number of aromatic nitrogens is 1. The number of nitrogens with zero attached hydrogens (tertiary/aromatic N) is 1. The van der Waals surface area contributed by atoms with Gasteiger partial charge in [-0.2, -0.15) is 0 Å².